The smallest absolute Gasteiger partial charge is 0.418 e. The minimum atomic E-state index is -4.63. The van der Waals surface area contributed by atoms with Gasteiger partial charge >= 0.3 is 12.3 Å². The van der Waals surface area contributed by atoms with Crippen LogP contribution in [0.5, 0.6) is 0 Å². The monoisotopic (exact) mass is 393 g/mol. The Hall–Kier alpha value is -2.00. The summed E-state index contributed by atoms with van der Waals surface area (Å²) in [5.74, 6) is -0.604. The van der Waals surface area contributed by atoms with Gasteiger partial charge in [-0.1, -0.05) is 17.7 Å². The average Bonchev–Trinajstić information content (AvgIpc) is 2.56. The molecule has 6 nitrogen and oxygen atoms in total. The van der Waals surface area contributed by atoms with Gasteiger partial charge in [0.1, 0.15) is 0 Å². The predicted molar refractivity (Wildman–Crippen MR) is 90.1 cm³/mol. The van der Waals surface area contributed by atoms with Crippen LogP contribution < -0.4 is 5.32 Å². The second kappa shape index (κ2) is 8.59. The Labute approximate surface area is 153 Å². The molecule has 0 atom stereocenters. The molecule has 0 aromatic heterocycles. The molecule has 0 aliphatic carbocycles. The van der Waals surface area contributed by atoms with Crippen molar-refractivity contribution in [2.24, 2.45) is 0 Å². The van der Waals surface area contributed by atoms with Gasteiger partial charge in [-0.3, -0.25) is 9.69 Å². The van der Waals surface area contributed by atoms with Crippen molar-refractivity contribution in [3.05, 3.63) is 28.8 Å². The molecular weight excluding hydrogens is 375 g/mol. The number of piperazine rings is 1. The van der Waals surface area contributed by atoms with Crippen molar-refractivity contribution in [1.29, 1.82) is 0 Å². The number of amides is 2. The molecule has 1 aromatic carbocycles. The predicted octanol–water partition coefficient (Wildman–Crippen LogP) is 3.07. The van der Waals surface area contributed by atoms with Gasteiger partial charge in [-0.25, -0.2) is 4.79 Å². The molecule has 26 heavy (non-hydrogen) atoms. The summed E-state index contributed by atoms with van der Waals surface area (Å²) in [4.78, 5) is 27.0. The molecule has 1 aromatic rings. The van der Waals surface area contributed by atoms with Crippen LogP contribution in [0, 0.1) is 0 Å². The minimum absolute atomic E-state index is 0.0980. The molecule has 10 heteroatoms. The van der Waals surface area contributed by atoms with Crippen LogP contribution in [-0.4, -0.2) is 61.1 Å². The number of rotatable bonds is 4. The van der Waals surface area contributed by atoms with Crippen molar-refractivity contribution in [3.63, 3.8) is 0 Å². The third-order valence-corrected chi connectivity index (χ3v) is 4.16. The molecule has 1 aliphatic rings. The van der Waals surface area contributed by atoms with Crippen LogP contribution in [0.4, 0.5) is 23.7 Å². The van der Waals surface area contributed by atoms with Crippen molar-refractivity contribution in [1.82, 2.24) is 9.80 Å². The van der Waals surface area contributed by atoms with E-state index < -0.39 is 29.4 Å². The number of anilines is 1. The van der Waals surface area contributed by atoms with E-state index in [1.165, 1.54) is 17.0 Å². The van der Waals surface area contributed by atoms with E-state index in [4.69, 9.17) is 16.3 Å². The highest BCUT2D eigenvalue weighted by Gasteiger charge is 2.35. The van der Waals surface area contributed by atoms with E-state index in [2.05, 4.69) is 5.32 Å². The molecule has 1 fully saturated rings. The molecule has 1 saturated heterocycles. The lowest BCUT2D eigenvalue weighted by molar-refractivity contribution is -0.137. The Morgan fingerprint density at radius 3 is 2.46 bits per heavy atom. The Morgan fingerprint density at radius 1 is 1.23 bits per heavy atom. The Balaban J connectivity index is 1.94. The van der Waals surface area contributed by atoms with E-state index in [1.807, 2.05) is 0 Å². The molecule has 2 amide bonds. The van der Waals surface area contributed by atoms with Crippen LogP contribution in [0.15, 0.2) is 18.2 Å². The van der Waals surface area contributed by atoms with Crippen molar-refractivity contribution in [2.45, 2.75) is 13.1 Å². The quantitative estimate of drug-likeness (QED) is 0.854. The van der Waals surface area contributed by atoms with Gasteiger partial charge in [0, 0.05) is 26.2 Å². The number of nitrogens with zero attached hydrogens (tertiary/aromatic N) is 2. The van der Waals surface area contributed by atoms with E-state index in [0.717, 1.165) is 6.07 Å². The zero-order chi connectivity index (χ0) is 19.3. The first kappa shape index (κ1) is 20.3. The molecule has 0 unspecified atom stereocenters. The van der Waals surface area contributed by atoms with Gasteiger partial charge in [0.2, 0.25) is 5.91 Å². The molecule has 0 radical (unpaired) electrons. The highest BCUT2D eigenvalue weighted by Crippen LogP contribution is 2.38. The number of ether oxygens (including phenoxy) is 1. The van der Waals surface area contributed by atoms with Crippen LogP contribution in [-0.2, 0) is 15.7 Å². The Morgan fingerprint density at radius 2 is 1.88 bits per heavy atom. The van der Waals surface area contributed by atoms with E-state index in [9.17, 15) is 22.8 Å². The van der Waals surface area contributed by atoms with Crippen molar-refractivity contribution in [3.8, 4) is 0 Å². The Kier molecular flexibility index (Phi) is 6.71. The Bertz CT molecular complexity index is 662. The third-order valence-electron chi connectivity index (χ3n) is 3.85. The first-order chi connectivity index (χ1) is 12.2. The molecule has 1 aliphatic heterocycles. The van der Waals surface area contributed by atoms with E-state index in [0.29, 0.717) is 26.2 Å². The van der Waals surface area contributed by atoms with Crippen molar-refractivity contribution in [2.75, 3.05) is 44.6 Å². The summed E-state index contributed by atoms with van der Waals surface area (Å²) in [6.45, 7) is 3.49. The summed E-state index contributed by atoms with van der Waals surface area (Å²) < 4.78 is 44.1. The molecule has 0 saturated carbocycles. The van der Waals surface area contributed by atoms with Gasteiger partial charge in [-0.2, -0.15) is 13.2 Å². The van der Waals surface area contributed by atoms with Gasteiger partial charge in [0.25, 0.3) is 0 Å². The maximum atomic E-state index is 13.0. The molecule has 1 heterocycles. The molecular formula is C16H19ClF3N3O3. The lowest BCUT2D eigenvalue weighted by Crippen LogP contribution is -2.50. The van der Waals surface area contributed by atoms with Gasteiger partial charge in [-0.15, -0.1) is 0 Å². The van der Waals surface area contributed by atoms with Gasteiger partial charge in [0.15, 0.2) is 0 Å². The third kappa shape index (κ3) is 5.25. The maximum absolute atomic E-state index is 13.0. The second-order valence-corrected chi connectivity index (χ2v) is 6.08. The van der Waals surface area contributed by atoms with Crippen LogP contribution in [0.25, 0.3) is 0 Å². The normalized spacial score (nSPS) is 15.7. The van der Waals surface area contributed by atoms with E-state index in [-0.39, 0.29) is 18.2 Å². The second-order valence-electron chi connectivity index (χ2n) is 5.67. The number of nitrogens with one attached hydrogen (secondary N) is 1. The fourth-order valence-corrected chi connectivity index (χ4v) is 2.79. The molecule has 1 N–H and O–H groups in total. The zero-order valence-corrected chi connectivity index (χ0v) is 14.9. The summed E-state index contributed by atoms with van der Waals surface area (Å²) >= 11 is 5.82. The van der Waals surface area contributed by atoms with Gasteiger partial charge in [-0.05, 0) is 19.1 Å². The van der Waals surface area contributed by atoms with Gasteiger partial charge in [0.05, 0.1) is 29.4 Å². The number of benzene rings is 1. The van der Waals surface area contributed by atoms with Gasteiger partial charge < -0.3 is 15.0 Å². The largest absolute Gasteiger partial charge is 0.450 e. The van der Waals surface area contributed by atoms with Crippen LogP contribution in [0.3, 0.4) is 0 Å². The minimum Gasteiger partial charge on any atom is -0.450 e. The topological polar surface area (TPSA) is 61.9 Å². The number of para-hydroxylation sites is 1. The molecule has 0 bridgehead atoms. The van der Waals surface area contributed by atoms with Crippen molar-refractivity contribution < 1.29 is 27.5 Å². The maximum Gasteiger partial charge on any atom is 0.418 e. The lowest BCUT2D eigenvalue weighted by Gasteiger charge is -2.33. The van der Waals surface area contributed by atoms with Crippen LogP contribution in [0.2, 0.25) is 5.02 Å². The number of carbonyl (C=O) groups is 2. The first-order valence-electron chi connectivity index (χ1n) is 8.02. The van der Waals surface area contributed by atoms with Crippen LogP contribution in [0.1, 0.15) is 12.5 Å². The van der Waals surface area contributed by atoms with Crippen LogP contribution >= 0.6 is 11.6 Å². The fraction of sp³-hybridized carbons (Fsp3) is 0.500. The molecule has 144 valence electrons. The summed E-state index contributed by atoms with van der Waals surface area (Å²) in [5.41, 5.74) is -1.44. The van der Waals surface area contributed by atoms with E-state index in [1.54, 1.807) is 11.8 Å². The standard InChI is InChI=1S/C16H19ClF3N3O3/c1-2-26-15(25)23-8-6-22(7-9-23)10-13(24)21-14-11(16(18,19)20)4-3-5-12(14)17/h3-5H,2,6-10H2,1H3,(H,21,24). The molecule has 2 rings (SSSR count). The summed E-state index contributed by atoms with van der Waals surface area (Å²) in [5, 5.41) is 2.07. The average molecular weight is 394 g/mol. The number of halogens is 4. The van der Waals surface area contributed by atoms with Crippen molar-refractivity contribution >= 4 is 29.3 Å². The van der Waals surface area contributed by atoms with E-state index >= 15 is 0 Å². The fourth-order valence-electron chi connectivity index (χ4n) is 2.57. The summed E-state index contributed by atoms with van der Waals surface area (Å²) in [6.07, 6.45) is -5.04. The summed E-state index contributed by atoms with van der Waals surface area (Å²) in [7, 11) is 0. The number of carbonyl (C=O) groups excluding carboxylic acids is 2. The highest BCUT2D eigenvalue weighted by atomic mass is 35.5. The number of hydrogen-bond donors (Lipinski definition) is 1. The highest BCUT2D eigenvalue weighted by molar-refractivity contribution is 6.34. The molecule has 0 spiro atoms. The lowest BCUT2D eigenvalue weighted by atomic mass is 10.1. The SMILES string of the molecule is CCOC(=O)N1CCN(CC(=O)Nc2c(Cl)cccc2C(F)(F)F)CC1. The first-order valence-corrected chi connectivity index (χ1v) is 8.39. The zero-order valence-electron chi connectivity index (χ0n) is 14.1. The number of alkyl halides is 3. The number of hydrogen-bond acceptors (Lipinski definition) is 4. The summed E-state index contributed by atoms with van der Waals surface area (Å²) in [6, 6.07) is 3.32.